The Bertz CT molecular complexity index is 477. The van der Waals surface area contributed by atoms with Crippen LogP contribution in [0, 0.1) is 13.8 Å². The number of rotatable bonds is 5. The molecule has 0 spiro atoms. The first-order chi connectivity index (χ1) is 9.01. The van der Waals surface area contributed by atoms with Crippen LogP contribution in [-0.2, 0) is 20.7 Å². The van der Waals surface area contributed by atoms with Gasteiger partial charge in [0.05, 0.1) is 25.2 Å². The van der Waals surface area contributed by atoms with Gasteiger partial charge in [-0.1, -0.05) is 12.1 Å². The molecule has 0 saturated carbocycles. The van der Waals surface area contributed by atoms with Gasteiger partial charge in [0, 0.05) is 0 Å². The van der Waals surface area contributed by atoms with Gasteiger partial charge >= 0.3 is 11.9 Å². The Morgan fingerprint density at radius 2 is 1.68 bits per heavy atom. The van der Waals surface area contributed by atoms with Crippen molar-refractivity contribution in [2.24, 2.45) is 0 Å². The lowest BCUT2D eigenvalue weighted by molar-refractivity contribution is -0.142. The van der Waals surface area contributed by atoms with E-state index < -0.39 is 0 Å². The van der Waals surface area contributed by atoms with Gasteiger partial charge in [-0.05, 0) is 44.4 Å². The second kappa shape index (κ2) is 6.92. The van der Waals surface area contributed by atoms with E-state index in [1.165, 1.54) is 0 Å². The van der Waals surface area contributed by atoms with Crippen molar-refractivity contribution in [3.8, 4) is 0 Å². The zero-order valence-corrected chi connectivity index (χ0v) is 11.9. The van der Waals surface area contributed by atoms with E-state index in [4.69, 9.17) is 9.47 Å². The predicted molar refractivity (Wildman–Crippen MR) is 72.2 cm³/mol. The fourth-order valence-corrected chi connectivity index (χ4v) is 1.87. The largest absolute Gasteiger partial charge is 0.466 e. The SMILES string of the molecule is CCOC(=O)Cc1ccc(C)c(C)c1C(=O)OCC. The second-order valence-corrected chi connectivity index (χ2v) is 4.24. The van der Waals surface area contributed by atoms with Gasteiger partial charge in [-0.3, -0.25) is 4.79 Å². The van der Waals surface area contributed by atoms with Crippen LogP contribution in [0.1, 0.15) is 40.9 Å². The summed E-state index contributed by atoms with van der Waals surface area (Å²) in [6.45, 7) is 7.94. The van der Waals surface area contributed by atoms with E-state index in [1.54, 1.807) is 19.9 Å². The molecule has 0 unspecified atom stereocenters. The highest BCUT2D eigenvalue weighted by Crippen LogP contribution is 2.20. The van der Waals surface area contributed by atoms with Gasteiger partial charge in [0.2, 0.25) is 0 Å². The van der Waals surface area contributed by atoms with Gasteiger partial charge in [-0.25, -0.2) is 4.79 Å². The van der Waals surface area contributed by atoms with Gasteiger partial charge in [-0.15, -0.1) is 0 Å². The molecule has 0 aliphatic carbocycles. The predicted octanol–water partition coefficient (Wildman–Crippen LogP) is 2.59. The summed E-state index contributed by atoms with van der Waals surface area (Å²) in [6, 6.07) is 3.68. The lowest BCUT2D eigenvalue weighted by atomic mass is 9.96. The quantitative estimate of drug-likeness (QED) is 0.767. The van der Waals surface area contributed by atoms with Crippen molar-refractivity contribution in [3.05, 3.63) is 34.4 Å². The van der Waals surface area contributed by atoms with Crippen LogP contribution < -0.4 is 0 Å². The maximum atomic E-state index is 12.0. The normalized spacial score (nSPS) is 10.1. The highest BCUT2D eigenvalue weighted by Gasteiger charge is 2.19. The standard InChI is InChI=1S/C15H20O4/c1-5-18-13(16)9-12-8-7-10(3)11(4)14(12)15(17)19-6-2/h7-8H,5-6,9H2,1-4H3. The van der Waals surface area contributed by atoms with Crippen molar-refractivity contribution in [3.63, 3.8) is 0 Å². The molecular formula is C15H20O4. The molecule has 1 rings (SSSR count). The second-order valence-electron chi connectivity index (χ2n) is 4.24. The average molecular weight is 264 g/mol. The van der Waals surface area contributed by atoms with Crippen molar-refractivity contribution in [2.45, 2.75) is 34.1 Å². The number of aryl methyl sites for hydroxylation is 1. The van der Waals surface area contributed by atoms with Gasteiger partial charge in [0.25, 0.3) is 0 Å². The number of ether oxygens (including phenoxy) is 2. The summed E-state index contributed by atoms with van der Waals surface area (Å²) in [4.78, 5) is 23.6. The van der Waals surface area contributed by atoms with Crippen LogP contribution in [0.3, 0.4) is 0 Å². The van der Waals surface area contributed by atoms with Crippen LogP contribution in [0.2, 0.25) is 0 Å². The summed E-state index contributed by atoms with van der Waals surface area (Å²) in [5.41, 5.74) is 2.98. The van der Waals surface area contributed by atoms with E-state index in [1.807, 2.05) is 19.9 Å². The Hall–Kier alpha value is -1.84. The Labute approximate surface area is 113 Å². The van der Waals surface area contributed by atoms with Crippen LogP contribution in [-0.4, -0.2) is 25.2 Å². The number of esters is 2. The molecule has 0 saturated heterocycles. The van der Waals surface area contributed by atoms with Crippen molar-refractivity contribution in [1.29, 1.82) is 0 Å². The molecule has 0 atom stereocenters. The van der Waals surface area contributed by atoms with Crippen LogP contribution in [0.15, 0.2) is 12.1 Å². The molecule has 0 aliphatic rings. The first-order valence-corrected chi connectivity index (χ1v) is 6.43. The third-order valence-corrected chi connectivity index (χ3v) is 2.94. The van der Waals surface area contributed by atoms with Crippen LogP contribution in [0.4, 0.5) is 0 Å². The summed E-state index contributed by atoms with van der Waals surface area (Å²) in [6.07, 6.45) is 0.0864. The van der Waals surface area contributed by atoms with E-state index in [2.05, 4.69) is 0 Å². The van der Waals surface area contributed by atoms with E-state index >= 15 is 0 Å². The molecule has 0 bridgehead atoms. The smallest absolute Gasteiger partial charge is 0.338 e. The third kappa shape index (κ3) is 3.81. The number of carbonyl (C=O) groups is 2. The van der Waals surface area contributed by atoms with Crippen LogP contribution >= 0.6 is 0 Å². The van der Waals surface area contributed by atoms with E-state index in [0.717, 1.165) is 11.1 Å². The molecule has 4 nitrogen and oxygen atoms in total. The van der Waals surface area contributed by atoms with Gasteiger partial charge in [-0.2, -0.15) is 0 Å². The van der Waals surface area contributed by atoms with Gasteiger partial charge in [0.15, 0.2) is 0 Å². The number of carbonyl (C=O) groups excluding carboxylic acids is 2. The molecule has 1 aromatic carbocycles. The number of hydrogen-bond acceptors (Lipinski definition) is 4. The first kappa shape index (κ1) is 15.2. The molecule has 4 heteroatoms. The summed E-state index contributed by atoms with van der Waals surface area (Å²) in [7, 11) is 0. The van der Waals surface area contributed by atoms with E-state index in [0.29, 0.717) is 24.3 Å². The minimum Gasteiger partial charge on any atom is -0.466 e. The van der Waals surface area contributed by atoms with Crippen LogP contribution in [0.25, 0.3) is 0 Å². The zero-order valence-electron chi connectivity index (χ0n) is 11.9. The van der Waals surface area contributed by atoms with Gasteiger partial charge < -0.3 is 9.47 Å². The minimum atomic E-state index is -0.386. The summed E-state index contributed by atoms with van der Waals surface area (Å²) in [5.74, 6) is -0.723. The highest BCUT2D eigenvalue weighted by atomic mass is 16.5. The monoisotopic (exact) mass is 264 g/mol. The minimum absolute atomic E-state index is 0.0864. The molecule has 0 N–H and O–H groups in total. The molecule has 19 heavy (non-hydrogen) atoms. The van der Waals surface area contributed by atoms with Crippen LogP contribution in [0.5, 0.6) is 0 Å². The van der Waals surface area contributed by atoms with Crippen molar-refractivity contribution >= 4 is 11.9 Å². The molecule has 0 aliphatic heterocycles. The topological polar surface area (TPSA) is 52.6 Å². The Morgan fingerprint density at radius 1 is 1.05 bits per heavy atom. The summed E-state index contributed by atoms with van der Waals surface area (Å²) >= 11 is 0. The molecule has 1 aromatic rings. The molecular weight excluding hydrogens is 244 g/mol. The average Bonchev–Trinajstić information content (AvgIpc) is 2.34. The Kier molecular flexibility index (Phi) is 5.55. The molecule has 0 amide bonds. The zero-order chi connectivity index (χ0) is 14.4. The number of benzene rings is 1. The van der Waals surface area contributed by atoms with Crippen molar-refractivity contribution in [2.75, 3.05) is 13.2 Å². The fourth-order valence-electron chi connectivity index (χ4n) is 1.87. The van der Waals surface area contributed by atoms with Gasteiger partial charge in [0.1, 0.15) is 0 Å². The lowest BCUT2D eigenvalue weighted by Gasteiger charge is -2.13. The maximum Gasteiger partial charge on any atom is 0.338 e. The molecule has 0 heterocycles. The van der Waals surface area contributed by atoms with Crippen molar-refractivity contribution < 1.29 is 19.1 Å². The first-order valence-electron chi connectivity index (χ1n) is 6.43. The highest BCUT2D eigenvalue weighted by molar-refractivity contribution is 5.94. The summed E-state index contributed by atoms with van der Waals surface area (Å²) in [5, 5.41) is 0. The molecule has 0 radical (unpaired) electrons. The fraction of sp³-hybridized carbons (Fsp3) is 0.467. The Balaban J connectivity index is 3.13. The van der Waals surface area contributed by atoms with E-state index in [9.17, 15) is 9.59 Å². The lowest BCUT2D eigenvalue weighted by Crippen LogP contribution is -2.15. The molecule has 0 aromatic heterocycles. The number of hydrogen-bond donors (Lipinski definition) is 0. The summed E-state index contributed by atoms with van der Waals surface area (Å²) < 4.78 is 9.97. The van der Waals surface area contributed by atoms with Crippen molar-refractivity contribution in [1.82, 2.24) is 0 Å². The maximum absolute atomic E-state index is 12.0. The molecule has 104 valence electrons. The third-order valence-electron chi connectivity index (χ3n) is 2.94. The molecule has 0 fully saturated rings. The Morgan fingerprint density at radius 3 is 2.26 bits per heavy atom. The van der Waals surface area contributed by atoms with E-state index in [-0.39, 0.29) is 18.4 Å².